The number of hydrogen-bond donors (Lipinski definition) is 1. The molecule has 3 nitrogen and oxygen atoms in total. The van der Waals surface area contributed by atoms with Crippen molar-refractivity contribution in [3.05, 3.63) is 0 Å². The molecule has 0 unspecified atom stereocenters. The number of rotatable bonds is 1. The summed E-state index contributed by atoms with van der Waals surface area (Å²) >= 11 is 0. The van der Waals surface area contributed by atoms with Crippen LogP contribution in [-0.2, 0) is 9.53 Å². The summed E-state index contributed by atoms with van der Waals surface area (Å²) in [7, 11) is 1.23. The van der Waals surface area contributed by atoms with Crippen LogP contribution in [0.25, 0.3) is 0 Å². The second kappa shape index (κ2) is 2.38. The molecule has 0 aliphatic heterocycles. The molecule has 0 saturated carbocycles. The maximum Gasteiger partial charge on any atom is 0.348 e. The molecule has 34 valence electrons. The zero-order valence-corrected chi connectivity index (χ0v) is 3.34. The van der Waals surface area contributed by atoms with Gasteiger partial charge in [0.15, 0.2) is 1.41 Å². The molecule has 0 atom stereocenters. The van der Waals surface area contributed by atoms with E-state index in [-0.39, 0.29) is 0 Å². The quantitative estimate of drug-likeness (QED) is 0.357. The Balaban J connectivity index is 3.37. The molecule has 0 saturated heterocycles. The number of carbonyl (C=O) groups excluding carboxylic acids is 1. The van der Waals surface area contributed by atoms with Gasteiger partial charge in [0.25, 0.3) is 0 Å². The van der Waals surface area contributed by atoms with Crippen molar-refractivity contribution in [3.63, 3.8) is 0 Å². The number of ether oxygens (including phenoxy) is 1. The van der Waals surface area contributed by atoms with Crippen LogP contribution in [-0.4, -0.2) is 19.3 Å². The molecule has 0 aromatic rings. The zero-order valence-electron chi connectivity index (χ0n) is 4.34. The molecule has 0 radical (unpaired) electrons. The van der Waals surface area contributed by atoms with Crippen LogP contribution in [0.15, 0.2) is 0 Å². The lowest BCUT2D eigenvalue weighted by Gasteiger charge is -1.81. The van der Waals surface area contributed by atoms with E-state index in [4.69, 9.17) is 1.41 Å². The molecule has 1 N–H and O–H groups in total. The Labute approximate surface area is 36.9 Å². The van der Waals surface area contributed by atoms with Crippen LogP contribution in [0.1, 0.15) is 0 Å². The predicted molar refractivity (Wildman–Crippen MR) is 20.8 cm³/mol. The van der Waals surface area contributed by atoms with Crippen molar-refractivity contribution < 1.29 is 10.9 Å². The molecule has 6 heavy (non-hydrogen) atoms. The van der Waals surface area contributed by atoms with Gasteiger partial charge in [-0.3, -0.25) is 0 Å². The first-order chi connectivity index (χ1) is 3.31. The normalized spacial score (nSPS) is 11.2. The van der Waals surface area contributed by atoms with E-state index < -0.39 is 5.97 Å². The minimum atomic E-state index is -0.602. The van der Waals surface area contributed by atoms with Crippen LogP contribution >= 0.6 is 0 Å². The van der Waals surface area contributed by atoms with E-state index >= 15 is 0 Å². The third-order valence-corrected chi connectivity index (χ3v) is 0.307. The molecule has 0 amide bonds. The summed E-state index contributed by atoms with van der Waals surface area (Å²) in [6, 6.07) is 0. The van der Waals surface area contributed by atoms with E-state index in [1.807, 2.05) is 0 Å². The molecule has 0 aliphatic rings. The molecule has 0 spiro atoms. The third-order valence-electron chi connectivity index (χ3n) is 0.307. The number of esters is 1. The lowest BCUT2D eigenvalue weighted by atomic mass is 10.8. The molecule has 0 aromatic carbocycles. The van der Waals surface area contributed by atoms with Crippen LogP contribution in [0.2, 0.25) is 1.41 Å². The van der Waals surface area contributed by atoms with Crippen molar-refractivity contribution in [3.8, 4) is 0 Å². The molecular formula is C3H5NO2. The van der Waals surface area contributed by atoms with Crippen molar-refractivity contribution in [1.29, 1.82) is 5.40 Å². The van der Waals surface area contributed by atoms with Crippen LogP contribution in [0.5, 0.6) is 0 Å². The minimum absolute atomic E-state index is 0.602. The van der Waals surface area contributed by atoms with Gasteiger partial charge in [-0.15, -0.1) is 0 Å². The summed E-state index contributed by atoms with van der Waals surface area (Å²) in [6.07, 6.45) is 0.778. The summed E-state index contributed by atoms with van der Waals surface area (Å²) in [6.45, 7) is 0. The Kier molecular flexibility index (Phi) is 1.32. The van der Waals surface area contributed by atoms with E-state index in [0.29, 0.717) is 0 Å². The van der Waals surface area contributed by atoms with E-state index in [9.17, 15) is 4.79 Å². The molecule has 0 bridgehead atoms. The number of hydrogen-bond acceptors (Lipinski definition) is 3. The molecule has 0 aliphatic carbocycles. The largest absolute Gasteiger partial charge is 0.465 e. The van der Waals surface area contributed by atoms with Gasteiger partial charge in [0.05, 0.1) is 7.11 Å². The van der Waals surface area contributed by atoms with Gasteiger partial charge >= 0.3 is 5.97 Å². The van der Waals surface area contributed by atoms with Crippen LogP contribution in [0.4, 0.5) is 0 Å². The zero-order chi connectivity index (χ0) is 5.70. The topological polar surface area (TPSA) is 50.2 Å². The Bertz CT molecular complexity index is 90.9. The second-order valence-electron chi connectivity index (χ2n) is 0.652. The average molecular weight is 89.1 g/mol. The summed E-state index contributed by atoms with van der Waals surface area (Å²) in [5.74, 6) is -0.602. The van der Waals surface area contributed by atoms with Gasteiger partial charge < -0.3 is 10.1 Å². The Morgan fingerprint density at radius 3 is 3.17 bits per heavy atom. The first-order valence-corrected chi connectivity index (χ1v) is 1.36. The van der Waals surface area contributed by atoms with Crippen molar-refractivity contribution in [2.75, 3.05) is 7.11 Å². The standard InChI is InChI=1S/C3H5NO2/c1-6-3(5)2-4/h2,4H,1H3/i/hT. The van der Waals surface area contributed by atoms with Gasteiger partial charge in [0.2, 0.25) is 0 Å². The summed E-state index contributed by atoms with van der Waals surface area (Å²) in [5, 5.41) is 2.66. The predicted octanol–water partition coefficient (Wildman–Crippen LogP) is -0.191. The molecule has 3 heteroatoms. The van der Waals surface area contributed by atoms with Gasteiger partial charge in [0.1, 0.15) is 6.21 Å². The second-order valence-corrected chi connectivity index (χ2v) is 0.652. The summed E-state index contributed by atoms with van der Waals surface area (Å²) in [5.41, 5.74) is 0. The van der Waals surface area contributed by atoms with Gasteiger partial charge in [-0.1, -0.05) is 0 Å². The van der Waals surface area contributed by atoms with E-state index in [0.717, 1.165) is 6.21 Å². The van der Waals surface area contributed by atoms with E-state index in [1.54, 1.807) is 0 Å². The average Bonchev–Trinajstić information content (AvgIpc) is 1.68. The van der Waals surface area contributed by atoms with Gasteiger partial charge in [0, 0.05) is 0 Å². The highest BCUT2D eigenvalue weighted by molar-refractivity contribution is 6.21. The molecule has 0 heterocycles. The molecule has 0 rings (SSSR count). The Morgan fingerprint density at radius 1 is 2.33 bits per heavy atom. The fourth-order valence-corrected chi connectivity index (χ4v) is 0.0527. The van der Waals surface area contributed by atoms with Gasteiger partial charge in [-0.05, 0) is 0 Å². The summed E-state index contributed by atoms with van der Waals surface area (Å²) in [4.78, 5) is 9.92. The lowest BCUT2D eigenvalue weighted by molar-refractivity contribution is -0.132. The Morgan fingerprint density at radius 2 is 3.00 bits per heavy atom. The SMILES string of the molecule is [3H]N=CC(=O)OC. The fraction of sp³-hybridized carbons (Fsp3) is 0.333. The Hall–Kier alpha value is -0.860. The number of carbonyl (C=O) groups is 1. The highest BCUT2D eigenvalue weighted by Crippen LogP contribution is 1.58. The van der Waals surface area contributed by atoms with Crippen molar-refractivity contribution >= 4 is 12.2 Å². The van der Waals surface area contributed by atoms with E-state index in [1.165, 1.54) is 7.11 Å². The maximum atomic E-state index is 9.92. The van der Waals surface area contributed by atoms with Crippen molar-refractivity contribution in [2.45, 2.75) is 0 Å². The number of nitrogens with one attached hydrogen (secondary N) is 1. The molecule has 0 fully saturated rings. The first-order valence-electron chi connectivity index (χ1n) is 1.81. The number of methoxy groups -OCH3 is 1. The van der Waals surface area contributed by atoms with Gasteiger partial charge in [-0.2, -0.15) is 0 Å². The first kappa shape index (κ1) is 3.33. The maximum absolute atomic E-state index is 9.92. The smallest absolute Gasteiger partial charge is 0.348 e. The third kappa shape index (κ3) is 1.46. The molecular weight excluding hydrogens is 82.0 g/mol. The highest BCUT2D eigenvalue weighted by Gasteiger charge is 1.84. The molecule has 0 aromatic heterocycles. The lowest BCUT2D eigenvalue weighted by Crippen LogP contribution is -1.98. The minimum Gasteiger partial charge on any atom is -0.465 e. The highest BCUT2D eigenvalue weighted by atomic mass is 16.5. The van der Waals surface area contributed by atoms with Crippen molar-refractivity contribution in [2.24, 2.45) is 0 Å². The van der Waals surface area contributed by atoms with E-state index in [2.05, 4.69) is 10.1 Å². The van der Waals surface area contributed by atoms with Crippen LogP contribution in [0.3, 0.4) is 0 Å². The van der Waals surface area contributed by atoms with Gasteiger partial charge in [-0.25, -0.2) is 4.79 Å². The summed E-state index contributed by atoms with van der Waals surface area (Å²) < 4.78 is 10.2. The van der Waals surface area contributed by atoms with Crippen molar-refractivity contribution in [1.82, 2.24) is 0 Å². The fourth-order valence-electron chi connectivity index (χ4n) is 0.0527. The van der Waals surface area contributed by atoms with Crippen LogP contribution < -0.4 is 0 Å². The monoisotopic (exact) mass is 89.0 g/mol. The van der Waals surface area contributed by atoms with Crippen LogP contribution in [0, 0.1) is 5.40 Å².